The standard InChI is InChI=1S/C13H18ClNO4/c1-13(2,3)19-12(17)15-6-7-18-11-8-9(16)4-5-10(11)14/h4-5,8,16H,6-7H2,1-3H3,(H,15,17). The minimum absolute atomic E-state index is 0.0690. The van der Waals surface area contributed by atoms with Gasteiger partial charge in [-0.2, -0.15) is 0 Å². The maximum absolute atomic E-state index is 11.3. The first-order valence-corrected chi connectivity index (χ1v) is 6.24. The SMILES string of the molecule is CC(C)(C)OC(=O)NCCOc1cc(O)ccc1Cl. The van der Waals surface area contributed by atoms with Crippen LogP contribution in [0.25, 0.3) is 0 Å². The number of aromatic hydroxyl groups is 1. The van der Waals surface area contributed by atoms with Gasteiger partial charge in [-0.25, -0.2) is 4.79 Å². The number of halogens is 1. The molecular formula is C13H18ClNO4. The molecule has 1 rings (SSSR count). The normalized spacial score (nSPS) is 10.9. The molecule has 1 amide bonds. The van der Waals surface area contributed by atoms with Gasteiger partial charge in [0.2, 0.25) is 0 Å². The number of benzene rings is 1. The summed E-state index contributed by atoms with van der Waals surface area (Å²) in [7, 11) is 0. The molecule has 0 aliphatic carbocycles. The van der Waals surface area contributed by atoms with Crippen molar-refractivity contribution in [3.05, 3.63) is 23.2 Å². The predicted octanol–water partition coefficient (Wildman–Crippen LogP) is 2.95. The van der Waals surface area contributed by atoms with Crippen LogP contribution in [0.5, 0.6) is 11.5 Å². The van der Waals surface area contributed by atoms with E-state index in [-0.39, 0.29) is 18.9 Å². The van der Waals surface area contributed by atoms with Crippen LogP contribution in [0.1, 0.15) is 20.8 Å². The zero-order valence-corrected chi connectivity index (χ0v) is 12.0. The largest absolute Gasteiger partial charge is 0.508 e. The Morgan fingerprint density at radius 1 is 1.42 bits per heavy atom. The number of hydrogen-bond donors (Lipinski definition) is 2. The van der Waals surface area contributed by atoms with Crippen molar-refractivity contribution in [3.8, 4) is 11.5 Å². The van der Waals surface area contributed by atoms with E-state index >= 15 is 0 Å². The molecule has 0 aliphatic heterocycles. The summed E-state index contributed by atoms with van der Waals surface area (Å²) in [6, 6.07) is 4.41. The first-order valence-electron chi connectivity index (χ1n) is 5.86. The number of alkyl carbamates (subject to hydrolysis) is 1. The molecule has 0 fully saturated rings. The van der Waals surface area contributed by atoms with Crippen molar-refractivity contribution in [2.45, 2.75) is 26.4 Å². The molecule has 1 aromatic rings. The fourth-order valence-electron chi connectivity index (χ4n) is 1.23. The molecule has 0 aliphatic rings. The third-order valence-corrected chi connectivity index (χ3v) is 2.25. The van der Waals surface area contributed by atoms with Crippen molar-refractivity contribution in [3.63, 3.8) is 0 Å². The summed E-state index contributed by atoms with van der Waals surface area (Å²) in [5.41, 5.74) is -0.528. The van der Waals surface area contributed by atoms with E-state index in [1.165, 1.54) is 18.2 Å². The van der Waals surface area contributed by atoms with Crippen LogP contribution in [-0.4, -0.2) is 30.0 Å². The van der Waals surface area contributed by atoms with E-state index in [2.05, 4.69) is 5.32 Å². The average Bonchev–Trinajstić information content (AvgIpc) is 2.26. The molecule has 0 atom stereocenters. The van der Waals surface area contributed by atoms with Gasteiger partial charge in [-0.05, 0) is 32.9 Å². The molecule has 0 aromatic heterocycles. The van der Waals surface area contributed by atoms with Crippen LogP contribution in [0.3, 0.4) is 0 Å². The number of amides is 1. The Morgan fingerprint density at radius 2 is 2.11 bits per heavy atom. The highest BCUT2D eigenvalue weighted by Gasteiger charge is 2.15. The molecule has 0 radical (unpaired) electrons. The van der Waals surface area contributed by atoms with Crippen LogP contribution in [0.2, 0.25) is 5.02 Å². The highest BCUT2D eigenvalue weighted by molar-refractivity contribution is 6.32. The Labute approximate surface area is 117 Å². The van der Waals surface area contributed by atoms with Gasteiger partial charge in [0.15, 0.2) is 0 Å². The number of ether oxygens (including phenoxy) is 2. The molecule has 2 N–H and O–H groups in total. The monoisotopic (exact) mass is 287 g/mol. The van der Waals surface area contributed by atoms with E-state index in [0.717, 1.165) is 0 Å². The van der Waals surface area contributed by atoms with Crippen molar-refractivity contribution >= 4 is 17.7 Å². The number of nitrogens with one attached hydrogen (secondary N) is 1. The van der Waals surface area contributed by atoms with Crippen molar-refractivity contribution < 1.29 is 19.4 Å². The minimum Gasteiger partial charge on any atom is -0.508 e. The molecule has 0 spiro atoms. The molecule has 19 heavy (non-hydrogen) atoms. The van der Waals surface area contributed by atoms with Crippen molar-refractivity contribution in [1.29, 1.82) is 0 Å². The number of phenolic OH excluding ortho intramolecular Hbond substituents is 1. The molecule has 6 heteroatoms. The second-order valence-corrected chi connectivity index (χ2v) is 5.30. The fraction of sp³-hybridized carbons (Fsp3) is 0.462. The minimum atomic E-state index is -0.528. The topological polar surface area (TPSA) is 67.8 Å². The van der Waals surface area contributed by atoms with Gasteiger partial charge < -0.3 is 19.9 Å². The zero-order chi connectivity index (χ0) is 14.5. The summed E-state index contributed by atoms with van der Waals surface area (Å²) >= 11 is 5.88. The van der Waals surface area contributed by atoms with Crippen LogP contribution in [0.15, 0.2) is 18.2 Å². The third kappa shape index (κ3) is 6.20. The Hall–Kier alpha value is -1.62. The Bertz CT molecular complexity index is 443. The molecule has 0 heterocycles. The zero-order valence-electron chi connectivity index (χ0n) is 11.2. The van der Waals surface area contributed by atoms with E-state index < -0.39 is 11.7 Å². The van der Waals surface area contributed by atoms with Crippen LogP contribution < -0.4 is 10.1 Å². The Kier molecular flexibility index (Phi) is 5.30. The smallest absolute Gasteiger partial charge is 0.407 e. The summed E-state index contributed by atoms with van der Waals surface area (Å²) in [5.74, 6) is 0.437. The van der Waals surface area contributed by atoms with Crippen LogP contribution >= 0.6 is 11.6 Å². The number of carbonyl (C=O) groups is 1. The second kappa shape index (κ2) is 6.52. The lowest BCUT2D eigenvalue weighted by molar-refractivity contribution is 0.0520. The van der Waals surface area contributed by atoms with Gasteiger partial charge in [0.05, 0.1) is 11.6 Å². The highest BCUT2D eigenvalue weighted by Crippen LogP contribution is 2.28. The number of hydrogen-bond acceptors (Lipinski definition) is 4. The summed E-state index contributed by atoms with van der Waals surface area (Å²) in [4.78, 5) is 11.3. The van der Waals surface area contributed by atoms with Crippen molar-refractivity contribution in [2.75, 3.05) is 13.2 Å². The average molecular weight is 288 g/mol. The summed E-state index contributed by atoms with van der Waals surface area (Å²) in [5, 5.41) is 12.2. The van der Waals surface area contributed by atoms with E-state index in [4.69, 9.17) is 21.1 Å². The molecule has 0 saturated heterocycles. The fourth-order valence-corrected chi connectivity index (χ4v) is 1.40. The number of phenols is 1. The lowest BCUT2D eigenvalue weighted by Gasteiger charge is -2.19. The van der Waals surface area contributed by atoms with Gasteiger partial charge in [0.1, 0.15) is 23.7 Å². The van der Waals surface area contributed by atoms with E-state index in [0.29, 0.717) is 10.8 Å². The van der Waals surface area contributed by atoms with Crippen LogP contribution in [-0.2, 0) is 4.74 Å². The molecule has 0 unspecified atom stereocenters. The molecule has 106 valence electrons. The van der Waals surface area contributed by atoms with E-state index in [9.17, 15) is 9.90 Å². The predicted molar refractivity (Wildman–Crippen MR) is 72.8 cm³/mol. The maximum Gasteiger partial charge on any atom is 0.407 e. The quantitative estimate of drug-likeness (QED) is 0.836. The van der Waals surface area contributed by atoms with Gasteiger partial charge in [0, 0.05) is 6.07 Å². The van der Waals surface area contributed by atoms with Gasteiger partial charge in [-0.1, -0.05) is 11.6 Å². The first kappa shape index (κ1) is 15.4. The van der Waals surface area contributed by atoms with Gasteiger partial charge in [0.25, 0.3) is 0 Å². The highest BCUT2D eigenvalue weighted by atomic mass is 35.5. The van der Waals surface area contributed by atoms with Crippen LogP contribution in [0, 0.1) is 0 Å². The molecular weight excluding hydrogens is 270 g/mol. The number of rotatable bonds is 4. The maximum atomic E-state index is 11.3. The van der Waals surface area contributed by atoms with Crippen LogP contribution in [0.4, 0.5) is 4.79 Å². The lowest BCUT2D eigenvalue weighted by atomic mass is 10.2. The van der Waals surface area contributed by atoms with Gasteiger partial charge in [-0.15, -0.1) is 0 Å². The van der Waals surface area contributed by atoms with Gasteiger partial charge >= 0.3 is 6.09 Å². The first-order chi connectivity index (χ1) is 8.78. The third-order valence-electron chi connectivity index (χ3n) is 1.94. The van der Waals surface area contributed by atoms with Gasteiger partial charge in [-0.3, -0.25) is 0 Å². The Balaban J connectivity index is 2.31. The summed E-state index contributed by atoms with van der Waals surface area (Å²) in [6.45, 7) is 5.87. The molecule has 1 aromatic carbocycles. The second-order valence-electron chi connectivity index (χ2n) is 4.89. The van der Waals surface area contributed by atoms with E-state index in [1.807, 2.05) is 0 Å². The lowest BCUT2D eigenvalue weighted by Crippen LogP contribution is -2.34. The Morgan fingerprint density at radius 3 is 2.74 bits per heavy atom. The van der Waals surface area contributed by atoms with Crippen molar-refractivity contribution in [1.82, 2.24) is 5.32 Å². The van der Waals surface area contributed by atoms with E-state index in [1.54, 1.807) is 20.8 Å². The molecule has 5 nitrogen and oxygen atoms in total. The number of carbonyl (C=O) groups excluding carboxylic acids is 1. The summed E-state index contributed by atoms with van der Waals surface area (Å²) < 4.78 is 10.4. The molecule has 0 bridgehead atoms. The summed E-state index contributed by atoms with van der Waals surface area (Å²) in [6.07, 6.45) is -0.502. The van der Waals surface area contributed by atoms with Crippen molar-refractivity contribution in [2.24, 2.45) is 0 Å². The molecule has 0 saturated carbocycles.